The Balaban J connectivity index is 1.39. The molecule has 1 aliphatic carbocycles. The summed E-state index contributed by atoms with van der Waals surface area (Å²) in [6.45, 7) is 4.05. The molecule has 1 saturated heterocycles. The maximum atomic E-state index is 12.3. The van der Waals surface area contributed by atoms with Crippen LogP contribution < -0.4 is 5.32 Å². The van der Waals surface area contributed by atoms with Crippen molar-refractivity contribution in [1.82, 2.24) is 20.0 Å². The molecule has 1 saturated carbocycles. The Kier molecular flexibility index (Phi) is 4.98. The van der Waals surface area contributed by atoms with Crippen molar-refractivity contribution >= 4 is 11.8 Å². The van der Waals surface area contributed by atoms with E-state index in [2.05, 4.69) is 10.4 Å². The molecule has 2 fully saturated rings. The summed E-state index contributed by atoms with van der Waals surface area (Å²) in [5.41, 5.74) is 1.14. The van der Waals surface area contributed by atoms with Crippen LogP contribution >= 0.6 is 0 Å². The number of hydrogen-bond acceptors (Lipinski definition) is 3. The number of amides is 2. The number of nitrogens with one attached hydrogen (secondary N) is 1. The predicted molar refractivity (Wildman–Crippen MR) is 86.7 cm³/mol. The minimum absolute atomic E-state index is 0.0236. The van der Waals surface area contributed by atoms with Crippen LogP contribution in [0, 0.1) is 12.8 Å². The normalized spacial score (nSPS) is 22.0. The van der Waals surface area contributed by atoms with Crippen LogP contribution in [0.1, 0.15) is 44.1 Å². The molecular weight excluding hydrogens is 292 g/mol. The summed E-state index contributed by atoms with van der Waals surface area (Å²) < 4.78 is 1.89. The first-order chi connectivity index (χ1) is 11.1. The zero-order chi connectivity index (χ0) is 16.2. The summed E-state index contributed by atoms with van der Waals surface area (Å²) in [5, 5.41) is 7.20. The molecule has 23 heavy (non-hydrogen) atoms. The molecule has 1 N–H and O–H groups in total. The number of hydrogen-bond donors (Lipinski definition) is 1. The van der Waals surface area contributed by atoms with Crippen molar-refractivity contribution in [2.45, 2.75) is 58.0 Å². The molecule has 0 radical (unpaired) electrons. The lowest BCUT2D eigenvalue weighted by atomic mass is 10.1. The fourth-order valence-electron chi connectivity index (χ4n) is 3.66. The molecule has 0 spiro atoms. The highest BCUT2D eigenvalue weighted by Gasteiger charge is 2.38. The van der Waals surface area contributed by atoms with E-state index in [1.54, 1.807) is 0 Å². The molecule has 2 aliphatic rings. The molecule has 1 unspecified atom stereocenters. The van der Waals surface area contributed by atoms with Gasteiger partial charge in [0, 0.05) is 38.3 Å². The maximum Gasteiger partial charge on any atom is 0.225 e. The second-order valence-corrected chi connectivity index (χ2v) is 6.81. The molecule has 2 amide bonds. The Morgan fingerprint density at radius 3 is 2.87 bits per heavy atom. The summed E-state index contributed by atoms with van der Waals surface area (Å²) in [6, 6.07) is 0.378. The van der Waals surface area contributed by atoms with Crippen LogP contribution in [0.3, 0.4) is 0 Å². The highest BCUT2D eigenvalue weighted by molar-refractivity contribution is 5.89. The van der Waals surface area contributed by atoms with E-state index in [4.69, 9.17) is 0 Å². The lowest BCUT2D eigenvalue weighted by molar-refractivity contribution is -0.130. The van der Waals surface area contributed by atoms with Gasteiger partial charge in [-0.1, -0.05) is 12.8 Å². The molecule has 6 heteroatoms. The highest BCUT2D eigenvalue weighted by atomic mass is 16.2. The molecular formula is C17H26N4O2. The van der Waals surface area contributed by atoms with Crippen molar-refractivity contribution in [2.75, 3.05) is 13.1 Å². The number of carbonyl (C=O) groups is 2. The van der Waals surface area contributed by atoms with Gasteiger partial charge in [0.05, 0.1) is 12.1 Å². The van der Waals surface area contributed by atoms with Gasteiger partial charge in [-0.3, -0.25) is 14.3 Å². The van der Waals surface area contributed by atoms with E-state index in [0.29, 0.717) is 25.6 Å². The Morgan fingerprint density at radius 2 is 2.17 bits per heavy atom. The Bertz CT molecular complexity index is 563. The summed E-state index contributed by atoms with van der Waals surface area (Å²) in [4.78, 5) is 26.3. The molecule has 1 aliphatic heterocycles. The van der Waals surface area contributed by atoms with Crippen molar-refractivity contribution in [2.24, 2.45) is 5.92 Å². The smallest absolute Gasteiger partial charge is 0.225 e. The number of likely N-dealkylation sites (tertiary alicyclic amines) is 1. The third-order valence-electron chi connectivity index (χ3n) is 4.92. The summed E-state index contributed by atoms with van der Waals surface area (Å²) >= 11 is 0. The Hall–Kier alpha value is -1.85. The van der Waals surface area contributed by atoms with E-state index in [1.165, 1.54) is 12.8 Å². The molecule has 126 valence electrons. The predicted octanol–water partition coefficient (Wildman–Crippen LogP) is 1.49. The fourth-order valence-corrected chi connectivity index (χ4v) is 3.66. The van der Waals surface area contributed by atoms with E-state index in [9.17, 15) is 9.59 Å². The number of aryl methyl sites for hydroxylation is 2. The lowest BCUT2D eigenvalue weighted by Crippen LogP contribution is -2.37. The molecule has 0 aromatic carbocycles. The van der Waals surface area contributed by atoms with Crippen LogP contribution in [0.15, 0.2) is 12.4 Å². The van der Waals surface area contributed by atoms with Gasteiger partial charge in [0.15, 0.2) is 0 Å². The number of nitrogens with zero attached hydrogens (tertiary/aromatic N) is 3. The molecule has 6 nitrogen and oxygen atoms in total. The quantitative estimate of drug-likeness (QED) is 0.808. The topological polar surface area (TPSA) is 67.2 Å². The van der Waals surface area contributed by atoms with Gasteiger partial charge in [0.1, 0.15) is 0 Å². The van der Waals surface area contributed by atoms with E-state index < -0.39 is 0 Å². The highest BCUT2D eigenvalue weighted by Crippen LogP contribution is 2.29. The van der Waals surface area contributed by atoms with Crippen molar-refractivity contribution in [3.05, 3.63) is 18.0 Å². The van der Waals surface area contributed by atoms with E-state index in [-0.39, 0.29) is 17.7 Å². The van der Waals surface area contributed by atoms with E-state index in [0.717, 1.165) is 31.4 Å². The average molecular weight is 318 g/mol. The summed E-state index contributed by atoms with van der Waals surface area (Å²) in [7, 11) is 0. The number of aromatic nitrogens is 2. The van der Waals surface area contributed by atoms with Gasteiger partial charge < -0.3 is 10.2 Å². The summed E-state index contributed by atoms with van der Waals surface area (Å²) in [6.07, 6.45) is 9.67. The standard InChI is InChI=1S/C17H26N4O2/c1-13-10-19-20(11-13)8-4-7-18-17(23)14-9-16(22)21(12-14)15-5-2-3-6-15/h10-11,14-15H,2-9,12H2,1H3,(H,18,23). The van der Waals surface area contributed by atoms with Gasteiger partial charge in [-0.2, -0.15) is 5.10 Å². The van der Waals surface area contributed by atoms with Crippen molar-refractivity contribution < 1.29 is 9.59 Å². The van der Waals surface area contributed by atoms with Crippen molar-refractivity contribution in [1.29, 1.82) is 0 Å². The van der Waals surface area contributed by atoms with Gasteiger partial charge in [-0.25, -0.2) is 0 Å². The van der Waals surface area contributed by atoms with Crippen LogP contribution in [0.25, 0.3) is 0 Å². The largest absolute Gasteiger partial charge is 0.356 e. The van der Waals surface area contributed by atoms with Crippen molar-refractivity contribution in [3.8, 4) is 0 Å². The lowest BCUT2D eigenvalue weighted by Gasteiger charge is -2.23. The van der Waals surface area contributed by atoms with E-state index >= 15 is 0 Å². The summed E-state index contributed by atoms with van der Waals surface area (Å²) in [5.74, 6) is 0.00890. The first-order valence-electron chi connectivity index (χ1n) is 8.70. The molecule has 1 aromatic heterocycles. The fraction of sp³-hybridized carbons (Fsp3) is 0.706. The molecule has 1 atom stereocenters. The zero-order valence-corrected chi connectivity index (χ0v) is 13.8. The molecule has 0 bridgehead atoms. The third kappa shape index (κ3) is 3.92. The maximum absolute atomic E-state index is 12.3. The minimum atomic E-state index is -0.171. The molecule has 3 rings (SSSR count). The monoisotopic (exact) mass is 318 g/mol. The van der Waals surface area contributed by atoms with Gasteiger partial charge >= 0.3 is 0 Å². The van der Waals surface area contributed by atoms with Crippen LogP contribution in [0.5, 0.6) is 0 Å². The second kappa shape index (κ2) is 7.15. The van der Waals surface area contributed by atoms with Crippen LogP contribution in [0.2, 0.25) is 0 Å². The number of rotatable bonds is 6. The number of carbonyl (C=O) groups excluding carboxylic acids is 2. The molecule has 1 aromatic rings. The minimum Gasteiger partial charge on any atom is -0.356 e. The average Bonchev–Trinajstić information content (AvgIpc) is 3.24. The van der Waals surface area contributed by atoms with Crippen LogP contribution in [0.4, 0.5) is 0 Å². The Morgan fingerprint density at radius 1 is 1.39 bits per heavy atom. The van der Waals surface area contributed by atoms with Crippen molar-refractivity contribution in [3.63, 3.8) is 0 Å². The first kappa shape index (κ1) is 16.0. The van der Waals surface area contributed by atoms with Crippen LogP contribution in [-0.4, -0.2) is 45.6 Å². The van der Waals surface area contributed by atoms with Gasteiger partial charge in [0.25, 0.3) is 0 Å². The molecule has 2 heterocycles. The second-order valence-electron chi connectivity index (χ2n) is 6.81. The Labute approximate surface area is 137 Å². The van der Waals surface area contributed by atoms with Gasteiger partial charge in [-0.05, 0) is 31.7 Å². The SMILES string of the molecule is Cc1cnn(CCCNC(=O)C2CC(=O)N(C3CCCC3)C2)c1. The van der Waals surface area contributed by atoms with Gasteiger partial charge in [0.2, 0.25) is 11.8 Å². The third-order valence-corrected chi connectivity index (χ3v) is 4.92. The first-order valence-corrected chi connectivity index (χ1v) is 8.70. The van der Waals surface area contributed by atoms with Gasteiger partial charge in [-0.15, -0.1) is 0 Å². The van der Waals surface area contributed by atoms with E-state index in [1.807, 2.05) is 28.9 Å². The van der Waals surface area contributed by atoms with Crippen LogP contribution in [-0.2, 0) is 16.1 Å². The zero-order valence-electron chi connectivity index (χ0n) is 13.8.